The third kappa shape index (κ3) is 5.13. The van der Waals surface area contributed by atoms with Gasteiger partial charge in [0.25, 0.3) is 11.8 Å². The monoisotopic (exact) mass is 498 g/mol. The highest BCUT2D eigenvalue weighted by Gasteiger charge is 2.21. The average Bonchev–Trinajstić information content (AvgIpc) is 2.84. The summed E-state index contributed by atoms with van der Waals surface area (Å²) < 4.78 is 68.3. The minimum Gasteiger partial charge on any atom is -0.478 e. The fourth-order valence-electron chi connectivity index (χ4n) is 3.36. The molecule has 36 heavy (non-hydrogen) atoms. The van der Waals surface area contributed by atoms with Gasteiger partial charge in [0, 0.05) is 12.6 Å². The Morgan fingerprint density at radius 1 is 0.861 bits per heavy atom. The quantitative estimate of drug-likeness (QED) is 0.288. The Kier molecular flexibility index (Phi) is 6.89. The molecule has 0 atom stereocenters. The molecule has 0 aliphatic rings. The molecule has 1 aromatic heterocycles. The van der Waals surface area contributed by atoms with Crippen molar-refractivity contribution in [3.05, 3.63) is 101 Å². The molecule has 0 fully saturated rings. The zero-order valence-electron chi connectivity index (χ0n) is 18.7. The lowest BCUT2D eigenvalue weighted by Gasteiger charge is -2.13. The van der Waals surface area contributed by atoms with E-state index in [1.807, 2.05) is 0 Å². The first-order valence-electron chi connectivity index (χ1n) is 10.5. The summed E-state index contributed by atoms with van der Waals surface area (Å²) in [4.78, 5) is 15.1. The van der Waals surface area contributed by atoms with Gasteiger partial charge in [-0.15, -0.1) is 0 Å². The average molecular weight is 498 g/mol. The summed E-state index contributed by atoms with van der Waals surface area (Å²) in [5.41, 5.74) is 7.38. The van der Waals surface area contributed by atoms with Gasteiger partial charge >= 0.3 is 5.97 Å². The zero-order chi connectivity index (χ0) is 26.0. The number of hydrogen-bond donors (Lipinski definition) is 2. The number of carboxylic acid groups (broad SMARTS) is 1. The van der Waals surface area contributed by atoms with Crippen molar-refractivity contribution in [3.8, 4) is 34.4 Å². The van der Waals surface area contributed by atoms with Crippen LogP contribution in [0, 0.1) is 30.2 Å². The Bertz CT molecular complexity index is 1480. The fourth-order valence-corrected chi connectivity index (χ4v) is 3.36. The maximum atomic E-state index is 14.5. The van der Waals surface area contributed by atoms with Crippen molar-refractivity contribution in [1.29, 1.82) is 0 Å². The van der Waals surface area contributed by atoms with Gasteiger partial charge in [-0.25, -0.2) is 18.0 Å². The van der Waals surface area contributed by atoms with Crippen LogP contribution in [0.3, 0.4) is 0 Å². The van der Waals surface area contributed by atoms with Crippen LogP contribution in [0.4, 0.5) is 17.6 Å². The molecule has 10 heteroatoms. The van der Waals surface area contributed by atoms with Crippen molar-refractivity contribution < 1.29 is 36.9 Å². The van der Waals surface area contributed by atoms with Gasteiger partial charge in [-0.3, -0.25) is 0 Å². The van der Waals surface area contributed by atoms with Crippen LogP contribution in [-0.2, 0) is 6.54 Å². The van der Waals surface area contributed by atoms with Crippen LogP contribution in [-0.4, -0.2) is 16.1 Å². The summed E-state index contributed by atoms with van der Waals surface area (Å²) in [7, 11) is 0. The predicted molar refractivity (Wildman–Crippen MR) is 122 cm³/mol. The van der Waals surface area contributed by atoms with Gasteiger partial charge in [0.05, 0.1) is 0 Å². The molecule has 3 N–H and O–H groups in total. The Labute approximate surface area is 202 Å². The van der Waals surface area contributed by atoms with Crippen LogP contribution < -0.4 is 15.2 Å². The molecule has 0 spiro atoms. The lowest BCUT2D eigenvalue weighted by Crippen LogP contribution is -2.04. The molecule has 0 saturated heterocycles. The number of ether oxygens (including phenoxy) is 2. The van der Waals surface area contributed by atoms with Crippen LogP contribution in [0.1, 0.15) is 21.5 Å². The first-order chi connectivity index (χ1) is 17.2. The van der Waals surface area contributed by atoms with E-state index in [1.54, 1.807) is 31.2 Å². The van der Waals surface area contributed by atoms with Crippen molar-refractivity contribution in [3.63, 3.8) is 0 Å². The number of halogens is 4. The van der Waals surface area contributed by atoms with Crippen molar-refractivity contribution in [1.82, 2.24) is 4.98 Å². The molecule has 4 rings (SSSR count). The van der Waals surface area contributed by atoms with Gasteiger partial charge in [0.15, 0.2) is 23.2 Å². The van der Waals surface area contributed by atoms with E-state index in [0.29, 0.717) is 17.2 Å². The van der Waals surface area contributed by atoms with Gasteiger partial charge in [-0.05, 0) is 59.5 Å². The maximum absolute atomic E-state index is 14.5. The molecule has 184 valence electrons. The highest BCUT2D eigenvalue weighted by atomic mass is 19.2. The molecule has 0 unspecified atom stereocenters. The molecule has 0 bridgehead atoms. The number of benzene rings is 3. The number of rotatable bonds is 7. The van der Waals surface area contributed by atoms with E-state index in [9.17, 15) is 27.5 Å². The summed E-state index contributed by atoms with van der Waals surface area (Å²) >= 11 is 0. The van der Waals surface area contributed by atoms with Crippen molar-refractivity contribution >= 4 is 5.97 Å². The van der Waals surface area contributed by atoms with Crippen LogP contribution in [0.5, 0.6) is 23.3 Å². The molecule has 0 radical (unpaired) electrons. The van der Waals surface area contributed by atoms with Crippen LogP contribution >= 0.6 is 0 Å². The lowest BCUT2D eigenvalue weighted by atomic mass is 10.0. The van der Waals surface area contributed by atoms with E-state index >= 15 is 0 Å². The minimum atomic E-state index is -1.42. The van der Waals surface area contributed by atoms with Crippen LogP contribution in [0.25, 0.3) is 11.1 Å². The summed E-state index contributed by atoms with van der Waals surface area (Å²) in [6.07, 6.45) is 0. The molecule has 3 aromatic carbocycles. The Balaban J connectivity index is 1.73. The SMILES string of the molecule is Cc1ccc(C(=O)O)c(Oc2nc(Oc3cc(-c4cccc(CN)c4)cc(F)c3F)c(F)cc2F)c1. The zero-order valence-corrected chi connectivity index (χ0v) is 18.7. The summed E-state index contributed by atoms with van der Waals surface area (Å²) in [6.45, 7) is 1.87. The van der Waals surface area contributed by atoms with Crippen LogP contribution in [0.15, 0.2) is 60.7 Å². The highest BCUT2D eigenvalue weighted by molar-refractivity contribution is 5.91. The Morgan fingerprint density at radius 2 is 1.56 bits per heavy atom. The second-order valence-electron chi connectivity index (χ2n) is 7.75. The molecular formula is C26H18F4N2O4. The minimum absolute atomic E-state index is 0.212. The molecule has 6 nitrogen and oxygen atoms in total. The molecule has 0 aliphatic heterocycles. The first-order valence-corrected chi connectivity index (χ1v) is 10.5. The number of pyridine rings is 1. The van der Waals surface area contributed by atoms with Gasteiger partial charge < -0.3 is 20.3 Å². The van der Waals surface area contributed by atoms with E-state index in [1.165, 1.54) is 18.2 Å². The van der Waals surface area contributed by atoms with E-state index in [2.05, 4.69) is 4.98 Å². The van der Waals surface area contributed by atoms with Crippen molar-refractivity contribution in [2.24, 2.45) is 5.73 Å². The topological polar surface area (TPSA) is 94.7 Å². The Hall–Kier alpha value is -4.44. The van der Waals surface area contributed by atoms with Gasteiger partial charge in [0.2, 0.25) is 5.82 Å². The number of aromatic carboxylic acids is 1. The number of carbonyl (C=O) groups is 1. The molecule has 0 aliphatic carbocycles. The molecule has 0 amide bonds. The number of nitrogens with zero attached hydrogens (tertiary/aromatic N) is 1. The number of aryl methyl sites for hydroxylation is 1. The standard InChI is InChI=1S/C26H18F4N2O4/c1-13-5-6-17(26(33)34)21(7-13)35-24-19(28)11-20(29)25(32-24)36-22-10-16(9-18(27)23(22)30)15-4-2-3-14(8-15)12-31/h2-11H,12,31H2,1H3,(H,33,34). The second kappa shape index (κ2) is 10.0. The van der Waals surface area contributed by atoms with E-state index in [0.717, 1.165) is 17.7 Å². The number of carboxylic acids is 1. The van der Waals surface area contributed by atoms with E-state index in [4.69, 9.17) is 15.2 Å². The molecule has 0 saturated carbocycles. The van der Waals surface area contributed by atoms with Gasteiger partial charge in [-0.2, -0.15) is 9.37 Å². The van der Waals surface area contributed by atoms with E-state index in [-0.39, 0.29) is 23.4 Å². The number of hydrogen-bond acceptors (Lipinski definition) is 5. The lowest BCUT2D eigenvalue weighted by molar-refractivity contribution is 0.0694. The first kappa shape index (κ1) is 24.7. The normalized spacial score (nSPS) is 10.8. The molecular weight excluding hydrogens is 480 g/mol. The predicted octanol–water partition coefficient (Wildman–Crippen LogP) is 6.35. The van der Waals surface area contributed by atoms with Gasteiger partial charge in [0.1, 0.15) is 11.3 Å². The largest absolute Gasteiger partial charge is 0.478 e. The van der Waals surface area contributed by atoms with E-state index < -0.39 is 46.7 Å². The fraction of sp³-hybridized carbons (Fsp3) is 0.0769. The maximum Gasteiger partial charge on any atom is 0.339 e. The summed E-state index contributed by atoms with van der Waals surface area (Å²) in [6, 6.07) is 13.3. The van der Waals surface area contributed by atoms with Crippen molar-refractivity contribution in [2.75, 3.05) is 0 Å². The third-order valence-corrected chi connectivity index (χ3v) is 5.14. The summed E-state index contributed by atoms with van der Waals surface area (Å²) in [5, 5.41) is 9.34. The smallest absolute Gasteiger partial charge is 0.339 e. The second-order valence-corrected chi connectivity index (χ2v) is 7.75. The number of aromatic nitrogens is 1. The summed E-state index contributed by atoms with van der Waals surface area (Å²) in [5.74, 6) is -9.35. The van der Waals surface area contributed by atoms with Crippen molar-refractivity contribution in [2.45, 2.75) is 13.5 Å². The molecule has 4 aromatic rings. The van der Waals surface area contributed by atoms with Gasteiger partial charge in [-0.1, -0.05) is 24.3 Å². The third-order valence-electron chi connectivity index (χ3n) is 5.14. The molecule has 1 heterocycles. The van der Waals surface area contributed by atoms with Crippen LogP contribution in [0.2, 0.25) is 0 Å². The highest BCUT2D eigenvalue weighted by Crippen LogP contribution is 2.35. The number of nitrogens with two attached hydrogens (primary N) is 1. The Morgan fingerprint density at radius 3 is 2.22 bits per heavy atom.